The number of hydrogen-bond acceptors (Lipinski definition) is 6. The smallest absolute Gasteiger partial charge is 0.376 e. The molecule has 0 radical (unpaired) electrons. The first kappa shape index (κ1) is 11.3. The lowest BCUT2D eigenvalue weighted by Crippen LogP contribution is -2.48. The van der Waals surface area contributed by atoms with Gasteiger partial charge in [-0.05, 0) is 6.07 Å². The monoisotopic (exact) mass is 236 g/mol. The molecule has 2 heterocycles. The van der Waals surface area contributed by atoms with E-state index in [9.17, 15) is 9.59 Å². The van der Waals surface area contributed by atoms with Gasteiger partial charge in [0.25, 0.3) is 0 Å². The fourth-order valence-corrected chi connectivity index (χ4v) is 1.55. The van der Waals surface area contributed by atoms with Crippen LogP contribution in [0.3, 0.4) is 0 Å². The minimum absolute atomic E-state index is 0.00372. The number of rotatable bonds is 2. The average Bonchev–Trinajstić information content (AvgIpc) is 2.38. The Kier molecular flexibility index (Phi) is 3.17. The number of nitrogens with one attached hydrogen (secondary N) is 1. The van der Waals surface area contributed by atoms with Gasteiger partial charge in [0, 0.05) is 19.3 Å². The quantitative estimate of drug-likeness (QED) is 0.677. The molecule has 0 spiro atoms. The number of methoxy groups -OCH3 is 1. The van der Waals surface area contributed by atoms with Gasteiger partial charge in [0.1, 0.15) is 5.82 Å². The first-order chi connectivity index (χ1) is 8.20. The molecular weight excluding hydrogens is 224 g/mol. The van der Waals surface area contributed by atoms with E-state index < -0.39 is 5.97 Å². The van der Waals surface area contributed by atoms with E-state index in [1.807, 2.05) is 0 Å². The largest absolute Gasteiger partial charge is 0.463 e. The second-order valence-electron chi connectivity index (χ2n) is 3.50. The third-order valence-corrected chi connectivity index (χ3v) is 2.37. The van der Waals surface area contributed by atoms with Crippen LogP contribution in [0.15, 0.2) is 12.3 Å². The van der Waals surface area contributed by atoms with Crippen LogP contribution in [0.1, 0.15) is 10.6 Å². The second-order valence-corrected chi connectivity index (χ2v) is 3.50. The summed E-state index contributed by atoms with van der Waals surface area (Å²) in [5.74, 6) is -0.103. The van der Waals surface area contributed by atoms with Gasteiger partial charge < -0.3 is 15.0 Å². The van der Waals surface area contributed by atoms with Crippen molar-refractivity contribution in [2.45, 2.75) is 0 Å². The van der Waals surface area contributed by atoms with Crippen molar-refractivity contribution < 1.29 is 14.3 Å². The minimum atomic E-state index is -0.590. The number of anilines is 1. The maximum absolute atomic E-state index is 11.3. The molecule has 0 aliphatic carbocycles. The third-order valence-electron chi connectivity index (χ3n) is 2.37. The summed E-state index contributed by atoms with van der Waals surface area (Å²) in [7, 11) is 1.27. The van der Waals surface area contributed by atoms with Crippen molar-refractivity contribution in [1.82, 2.24) is 15.3 Å². The van der Waals surface area contributed by atoms with Gasteiger partial charge in [0.05, 0.1) is 13.7 Å². The zero-order valence-electron chi connectivity index (χ0n) is 9.34. The van der Waals surface area contributed by atoms with Crippen molar-refractivity contribution in [1.29, 1.82) is 0 Å². The summed E-state index contributed by atoms with van der Waals surface area (Å²) < 4.78 is 4.54. The Morgan fingerprint density at radius 3 is 3.12 bits per heavy atom. The topological polar surface area (TPSA) is 84.4 Å². The molecule has 0 atom stereocenters. The van der Waals surface area contributed by atoms with E-state index in [0.717, 1.165) is 0 Å². The number of hydrogen-bond donors (Lipinski definition) is 1. The predicted molar refractivity (Wildman–Crippen MR) is 58.6 cm³/mol. The number of carbonyl (C=O) groups excluding carboxylic acids is 2. The van der Waals surface area contributed by atoms with Crippen LogP contribution < -0.4 is 10.2 Å². The van der Waals surface area contributed by atoms with Gasteiger partial charge in [0.15, 0.2) is 0 Å². The third kappa shape index (κ3) is 2.49. The zero-order chi connectivity index (χ0) is 12.3. The normalized spacial score (nSPS) is 15.4. The van der Waals surface area contributed by atoms with E-state index in [2.05, 4.69) is 20.0 Å². The van der Waals surface area contributed by atoms with Crippen molar-refractivity contribution in [2.24, 2.45) is 0 Å². The Morgan fingerprint density at radius 1 is 1.59 bits per heavy atom. The molecule has 0 aromatic carbocycles. The molecule has 1 fully saturated rings. The number of carbonyl (C=O) groups is 2. The molecule has 1 saturated heterocycles. The van der Waals surface area contributed by atoms with Gasteiger partial charge in [0.2, 0.25) is 11.7 Å². The predicted octanol–water partition coefficient (Wildman–Crippen LogP) is -0.801. The van der Waals surface area contributed by atoms with Crippen LogP contribution in [0, 0.1) is 0 Å². The molecule has 1 aromatic heterocycles. The van der Waals surface area contributed by atoms with Gasteiger partial charge >= 0.3 is 5.97 Å². The van der Waals surface area contributed by atoms with Crippen molar-refractivity contribution in [3.63, 3.8) is 0 Å². The first-order valence-corrected chi connectivity index (χ1v) is 5.13. The van der Waals surface area contributed by atoms with Gasteiger partial charge in [-0.15, -0.1) is 0 Å². The van der Waals surface area contributed by atoms with Gasteiger partial charge in [-0.2, -0.15) is 0 Å². The highest BCUT2D eigenvalue weighted by molar-refractivity contribution is 5.86. The lowest BCUT2D eigenvalue weighted by molar-refractivity contribution is -0.120. The summed E-state index contributed by atoms with van der Waals surface area (Å²) in [5, 5.41) is 2.71. The Labute approximate surface area is 97.8 Å². The van der Waals surface area contributed by atoms with Crippen LogP contribution in [-0.4, -0.2) is 48.6 Å². The van der Waals surface area contributed by atoms with E-state index in [0.29, 0.717) is 18.9 Å². The molecule has 1 aromatic rings. The molecule has 0 bridgehead atoms. The Hall–Kier alpha value is -2.18. The molecule has 2 rings (SSSR count). The lowest BCUT2D eigenvalue weighted by atomic mass is 10.3. The Bertz CT molecular complexity index is 449. The molecule has 1 aliphatic heterocycles. The summed E-state index contributed by atoms with van der Waals surface area (Å²) in [5.41, 5.74) is 0. The highest BCUT2D eigenvalue weighted by Gasteiger charge is 2.19. The second kappa shape index (κ2) is 4.77. The maximum atomic E-state index is 11.3. The van der Waals surface area contributed by atoms with Crippen LogP contribution >= 0.6 is 0 Å². The fourth-order valence-electron chi connectivity index (χ4n) is 1.55. The van der Waals surface area contributed by atoms with E-state index in [1.165, 1.54) is 13.3 Å². The van der Waals surface area contributed by atoms with Gasteiger partial charge in [-0.3, -0.25) is 4.79 Å². The van der Waals surface area contributed by atoms with E-state index in [4.69, 9.17) is 0 Å². The van der Waals surface area contributed by atoms with E-state index >= 15 is 0 Å². The number of nitrogens with zero attached hydrogens (tertiary/aromatic N) is 3. The number of esters is 1. The van der Waals surface area contributed by atoms with Crippen molar-refractivity contribution in [2.75, 3.05) is 31.6 Å². The van der Waals surface area contributed by atoms with Crippen molar-refractivity contribution in [3.8, 4) is 0 Å². The molecular formula is C10H12N4O3. The lowest BCUT2D eigenvalue weighted by Gasteiger charge is -2.27. The minimum Gasteiger partial charge on any atom is -0.463 e. The van der Waals surface area contributed by atoms with Crippen LogP contribution in [0.4, 0.5) is 5.82 Å². The molecule has 90 valence electrons. The summed E-state index contributed by atoms with van der Waals surface area (Å²) >= 11 is 0. The SMILES string of the molecule is COC(=O)c1nccc(N2CCNC(=O)C2)n1. The maximum Gasteiger partial charge on any atom is 0.376 e. The molecule has 1 amide bonds. The number of amides is 1. The first-order valence-electron chi connectivity index (χ1n) is 5.13. The van der Waals surface area contributed by atoms with Crippen molar-refractivity contribution >= 4 is 17.7 Å². The summed E-state index contributed by atoms with van der Waals surface area (Å²) in [6.45, 7) is 1.46. The molecule has 7 nitrogen and oxygen atoms in total. The number of piperazine rings is 1. The van der Waals surface area contributed by atoms with Crippen molar-refractivity contribution in [3.05, 3.63) is 18.1 Å². The zero-order valence-corrected chi connectivity index (χ0v) is 9.34. The summed E-state index contributed by atoms with van der Waals surface area (Å²) in [6.07, 6.45) is 1.47. The van der Waals surface area contributed by atoms with E-state index in [1.54, 1.807) is 11.0 Å². The molecule has 1 N–H and O–H groups in total. The highest BCUT2D eigenvalue weighted by atomic mass is 16.5. The molecule has 0 saturated carbocycles. The summed E-state index contributed by atoms with van der Waals surface area (Å²) in [6, 6.07) is 1.66. The molecule has 1 aliphatic rings. The fraction of sp³-hybridized carbons (Fsp3) is 0.400. The van der Waals surface area contributed by atoms with Crippen LogP contribution in [0.25, 0.3) is 0 Å². The van der Waals surface area contributed by atoms with E-state index in [-0.39, 0.29) is 18.3 Å². The highest BCUT2D eigenvalue weighted by Crippen LogP contribution is 2.11. The average molecular weight is 236 g/mol. The molecule has 7 heteroatoms. The summed E-state index contributed by atoms with van der Waals surface area (Å²) in [4.78, 5) is 32.2. The standard InChI is InChI=1S/C10H12N4O3/c1-17-10(16)9-12-3-2-7(13-9)14-5-4-11-8(15)6-14/h2-3H,4-6H2,1H3,(H,11,15). The van der Waals surface area contributed by atoms with Gasteiger partial charge in [-0.25, -0.2) is 14.8 Å². The van der Waals surface area contributed by atoms with Crippen LogP contribution in [0.2, 0.25) is 0 Å². The number of aromatic nitrogens is 2. The number of ether oxygens (including phenoxy) is 1. The molecule has 0 unspecified atom stereocenters. The van der Waals surface area contributed by atoms with Crippen LogP contribution in [-0.2, 0) is 9.53 Å². The molecule has 17 heavy (non-hydrogen) atoms. The van der Waals surface area contributed by atoms with Gasteiger partial charge in [-0.1, -0.05) is 0 Å². The Balaban J connectivity index is 2.20. The Morgan fingerprint density at radius 2 is 2.41 bits per heavy atom. The van der Waals surface area contributed by atoms with Crippen LogP contribution in [0.5, 0.6) is 0 Å².